The largest absolute Gasteiger partial charge is 0.434 e. The second kappa shape index (κ2) is 4.75. The highest BCUT2D eigenvalue weighted by Crippen LogP contribution is 2.29. The minimum atomic E-state index is -4.32. The van der Waals surface area contributed by atoms with Gasteiger partial charge in [0, 0.05) is 11.9 Å². The summed E-state index contributed by atoms with van der Waals surface area (Å²) in [5, 5.41) is 4.52. The number of hydrogen-bond acceptors (Lipinski definition) is 3. The van der Waals surface area contributed by atoms with E-state index in [1.807, 2.05) is 6.92 Å². The number of rotatable bonds is 4. The monoisotopic (exact) mass is 224 g/mol. The normalized spacial score (nSPS) is 12.0. The van der Waals surface area contributed by atoms with Crippen LogP contribution in [0.3, 0.4) is 0 Å². The molecule has 0 saturated carbocycles. The van der Waals surface area contributed by atoms with Gasteiger partial charge in [0.05, 0.1) is 0 Å². The molecule has 0 aliphatic rings. The van der Waals surface area contributed by atoms with Crippen molar-refractivity contribution in [2.45, 2.75) is 26.1 Å². The number of hydrogen-bond donors (Lipinski definition) is 1. The smallest absolute Gasteiger partial charge is 0.310 e. The Hall–Kier alpha value is -0.620. The van der Waals surface area contributed by atoms with Gasteiger partial charge in [-0.2, -0.15) is 13.2 Å². The number of thiazole rings is 1. The molecule has 14 heavy (non-hydrogen) atoms. The summed E-state index contributed by atoms with van der Waals surface area (Å²) in [7, 11) is 0. The maximum atomic E-state index is 12.1. The number of nitrogens with one attached hydrogen (secondary N) is 1. The molecule has 80 valence electrons. The van der Waals surface area contributed by atoms with Gasteiger partial charge in [-0.1, -0.05) is 6.92 Å². The van der Waals surface area contributed by atoms with Gasteiger partial charge in [-0.05, 0) is 13.0 Å². The van der Waals surface area contributed by atoms with Gasteiger partial charge in [0.25, 0.3) is 0 Å². The lowest BCUT2D eigenvalue weighted by molar-refractivity contribution is -0.140. The van der Waals surface area contributed by atoms with Gasteiger partial charge in [0.15, 0.2) is 5.69 Å². The summed E-state index contributed by atoms with van der Waals surface area (Å²) in [6.45, 7) is 3.20. The van der Waals surface area contributed by atoms with Crippen LogP contribution in [0.5, 0.6) is 0 Å². The Labute approximate surface area is 84.2 Å². The molecule has 1 aromatic rings. The molecule has 0 atom stereocenters. The summed E-state index contributed by atoms with van der Waals surface area (Å²) in [5.74, 6) is 0. The third-order valence-corrected chi connectivity index (χ3v) is 2.39. The molecule has 0 spiro atoms. The fraction of sp³-hybridized carbons (Fsp3) is 0.625. The zero-order valence-electron chi connectivity index (χ0n) is 7.69. The van der Waals surface area contributed by atoms with Crippen LogP contribution in [0.4, 0.5) is 13.2 Å². The molecule has 0 aliphatic heterocycles. The predicted octanol–water partition coefficient (Wildman–Crippen LogP) is 2.66. The summed E-state index contributed by atoms with van der Waals surface area (Å²) >= 11 is 1.03. The van der Waals surface area contributed by atoms with Crippen molar-refractivity contribution in [3.63, 3.8) is 0 Å². The summed E-state index contributed by atoms with van der Waals surface area (Å²) in [5.41, 5.74) is -0.796. The van der Waals surface area contributed by atoms with Crippen LogP contribution >= 0.6 is 11.3 Å². The van der Waals surface area contributed by atoms with Crippen molar-refractivity contribution in [3.05, 3.63) is 16.1 Å². The Morgan fingerprint density at radius 3 is 2.71 bits per heavy atom. The molecule has 0 unspecified atom stereocenters. The standard InChI is InChI=1S/C8H11F3N2S/c1-2-3-12-4-7-13-6(5-14-7)8(9,10)11/h5,12H,2-4H2,1H3. The van der Waals surface area contributed by atoms with Crippen molar-refractivity contribution < 1.29 is 13.2 Å². The topological polar surface area (TPSA) is 24.9 Å². The average Bonchev–Trinajstić information content (AvgIpc) is 2.52. The molecule has 1 N–H and O–H groups in total. The molecule has 1 aromatic heterocycles. The first-order valence-electron chi connectivity index (χ1n) is 4.26. The van der Waals surface area contributed by atoms with Gasteiger partial charge in [-0.25, -0.2) is 4.98 Å². The fourth-order valence-corrected chi connectivity index (χ4v) is 1.66. The maximum Gasteiger partial charge on any atom is 0.434 e. The average molecular weight is 224 g/mol. The quantitative estimate of drug-likeness (QED) is 0.795. The van der Waals surface area contributed by atoms with E-state index in [-0.39, 0.29) is 0 Å². The molecule has 6 heteroatoms. The van der Waals surface area contributed by atoms with Gasteiger partial charge in [-0.3, -0.25) is 0 Å². The highest BCUT2D eigenvalue weighted by atomic mass is 32.1. The van der Waals surface area contributed by atoms with Gasteiger partial charge in [0.2, 0.25) is 0 Å². The zero-order valence-corrected chi connectivity index (χ0v) is 8.50. The van der Waals surface area contributed by atoms with E-state index in [1.54, 1.807) is 0 Å². The van der Waals surface area contributed by atoms with E-state index >= 15 is 0 Å². The third kappa shape index (κ3) is 3.26. The van der Waals surface area contributed by atoms with E-state index in [1.165, 1.54) is 0 Å². The lowest BCUT2D eigenvalue weighted by Crippen LogP contribution is -2.14. The van der Waals surface area contributed by atoms with E-state index in [0.29, 0.717) is 11.6 Å². The van der Waals surface area contributed by atoms with Crippen LogP contribution in [-0.4, -0.2) is 11.5 Å². The Kier molecular flexibility index (Phi) is 3.88. The van der Waals surface area contributed by atoms with Crippen LogP contribution in [0.25, 0.3) is 0 Å². The third-order valence-electron chi connectivity index (χ3n) is 1.55. The lowest BCUT2D eigenvalue weighted by atomic mass is 10.4. The van der Waals surface area contributed by atoms with Gasteiger partial charge in [0.1, 0.15) is 5.01 Å². The summed E-state index contributed by atoms with van der Waals surface area (Å²) in [6, 6.07) is 0. The second-order valence-electron chi connectivity index (χ2n) is 2.80. The van der Waals surface area contributed by atoms with Crippen molar-refractivity contribution in [2.24, 2.45) is 0 Å². The van der Waals surface area contributed by atoms with E-state index in [0.717, 1.165) is 29.7 Å². The van der Waals surface area contributed by atoms with E-state index in [4.69, 9.17) is 0 Å². The molecule has 0 saturated heterocycles. The summed E-state index contributed by atoms with van der Waals surface area (Å²) < 4.78 is 36.3. The zero-order chi connectivity index (χ0) is 10.6. The van der Waals surface area contributed by atoms with E-state index in [2.05, 4.69) is 10.3 Å². The molecule has 0 radical (unpaired) electrons. The molecule has 0 aromatic carbocycles. The SMILES string of the molecule is CCCNCc1nc(C(F)(F)F)cs1. The van der Waals surface area contributed by atoms with Crippen LogP contribution in [0, 0.1) is 0 Å². The minimum absolute atomic E-state index is 0.411. The maximum absolute atomic E-state index is 12.1. The van der Waals surface area contributed by atoms with Crippen LogP contribution in [0.15, 0.2) is 5.38 Å². The predicted molar refractivity (Wildman–Crippen MR) is 49.1 cm³/mol. The van der Waals surface area contributed by atoms with Crippen molar-refractivity contribution in [1.82, 2.24) is 10.3 Å². The van der Waals surface area contributed by atoms with Crippen LogP contribution < -0.4 is 5.32 Å². The molecule has 2 nitrogen and oxygen atoms in total. The number of nitrogens with zero attached hydrogens (tertiary/aromatic N) is 1. The molecular formula is C8H11F3N2S. The molecule has 0 aliphatic carbocycles. The highest BCUT2D eigenvalue weighted by Gasteiger charge is 2.33. The Morgan fingerprint density at radius 1 is 1.50 bits per heavy atom. The molecule has 1 heterocycles. The first-order chi connectivity index (χ1) is 6.54. The number of aromatic nitrogens is 1. The summed E-state index contributed by atoms with van der Waals surface area (Å²) in [4.78, 5) is 3.48. The fourth-order valence-electron chi connectivity index (χ4n) is 0.894. The first kappa shape index (κ1) is 11.5. The number of alkyl halides is 3. The van der Waals surface area contributed by atoms with Gasteiger partial charge in [-0.15, -0.1) is 11.3 Å². The van der Waals surface area contributed by atoms with E-state index in [9.17, 15) is 13.2 Å². The molecule has 0 amide bonds. The van der Waals surface area contributed by atoms with E-state index < -0.39 is 11.9 Å². The van der Waals surface area contributed by atoms with Gasteiger partial charge >= 0.3 is 6.18 Å². The molecule has 1 rings (SSSR count). The van der Waals surface area contributed by atoms with Crippen molar-refractivity contribution in [1.29, 1.82) is 0 Å². The highest BCUT2D eigenvalue weighted by molar-refractivity contribution is 7.09. The van der Waals surface area contributed by atoms with Crippen LogP contribution in [-0.2, 0) is 12.7 Å². The van der Waals surface area contributed by atoms with Crippen molar-refractivity contribution >= 4 is 11.3 Å². The number of halogens is 3. The molecule has 0 fully saturated rings. The second-order valence-corrected chi connectivity index (χ2v) is 3.74. The van der Waals surface area contributed by atoms with Crippen molar-refractivity contribution in [3.8, 4) is 0 Å². The minimum Gasteiger partial charge on any atom is -0.310 e. The van der Waals surface area contributed by atoms with Crippen molar-refractivity contribution in [2.75, 3.05) is 6.54 Å². The Balaban J connectivity index is 2.51. The lowest BCUT2D eigenvalue weighted by Gasteiger charge is -2.00. The first-order valence-corrected chi connectivity index (χ1v) is 5.14. The summed E-state index contributed by atoms with van der Waals surface area (Å²) in [6.07, 6.45) is -3.36. The van der Waals surface area contributed by atoms with Crippen LogP contribution in [0.2, 0.25) is 0 Å². The van der Waals surface area contributed by atoms with Crippen LogP contribution in [0.1, 0.15) is 24.0 Å². The Bertz CT molecular complexity index is 282. The molecular weight excluding hydrogens is 213 g/mol. The molecule has 0 bridgehead atoms. The van der Waals surface area contributed by atoms with Gasteiger partial charge < -0.3 is 5.32 Å². The Morgan fingerprint density at radius 2 is 2.21 bits per heavy atom.